The van der Waals surface area contributed by atoms with Crippen molar-refractivity contribution in [3.05, 3.63) is 97.5 Å². The van der Waals surface area contributed by atoms with Gasteiger partial charge in [0, 0.05) is 60.6 Å². The molecule has 4 amide bonds. The third kappa shape index (κ3) is 6.23. The van der Waals surface area contributed by atoms with Gasteiger partial charge in [0.2, 0.25) is 17.7 Å². The largest absolute Gasteiger partial charge is 0.492 e. The van der Waals surface area contributed by atoms with Gasteiger partial charge in [0.25, 0.3) is 11.5 Å². The van der Waals surface area contributed by atoms with Crippen LogP contribution in [0.2, 0.25) is 5.02 Å². The lowest BCUT2D eigenvalue weighted by Crippen LogP contribution is -2.62. The molecule has 5 fully saturated rings. The van der Waals surface area contributed by atoms with Crippen LogP contribution < -0.4 is 15.6 Å². The number of carbonyl (C=O) groups excluding carboxylic acids is 4. The van der Waals surface area contributed by atoms with E-state index in [0.29, 0.717) is 53.9 Å². The van der Waals surface area contributed by atoms with Crippen LogP contribution in [0, 0.1) is 0 Å². The number of amides is 4. The maximum atomic E-state index is 13.4. The quantitative estimate of drug-likeness (QED) is 0.247. The van der Waals surface area contributed by atoms with E-state index in [2.05, 4.69) is 37.9 Å². The average Bonchev–Trinajstić information content (AvgIpc) is 3.90. The Morgan fingerprint density at radius 2 is 1.67 bits per heavy atom. The average molecular weight is 884 g/mol. The van der Waals surface area contributed by atoms with Crippen LogP contribution in [0.5, 0.6) is 5.75 Å². The summed E-state index contributed by atoms with van der Waals surface area (Å²) in [7, 11) is 0. The number of fused-ring (bicyclic) bond motifs is 11. The van der Waals surface area contributed by atoms with Crippen molar-refractivity contribution in [2.45, 2.75) is 112 Å². The molecule has 13 nitrogen and oxygen atoms in total. The fourth-order valence-corrected chi connectivity index (χ4v) is 13.2. The number of halogens is 1. The number of nitrogens with zero attached hydrogens (tertiary/aromatic N) is 6. The molecule has 0 bridgehead atoms. The van der Waals surface area contributed by atoms with Gasteiger partial charge in [-0.15, -0.1) is 0 Å². The molecule has 1 aliphatic carbocycles. The van der Waals surface area contributed by atoms with Gasteiger partial charge in [-0.1, -0.05) is 55.1 Å². The van der Waals surface area contributed by atoms with E-state index in [1.54, 1.807) is 11.0 Å². The molecule has 1 N–H and O–H groups in total. The van der Waals surface area contributed by atoms with E-state index in [-0.39, 0.29) is 40.5 Å². The highest BCUT2D eigenvalue weighted by atomic mass is 35.5. The van der Waals surface area contributed by atoms with Gasteiger partial charge < -0.3 is 19.4 Å². The molecule has 332 valence electrons. The Bertz CT molecular complexity index is 2710. The predicted molar refractivity (Wildman–Crippen MR) is 240 cm³/mol. The molecule has 1 saturated carbocycles. The van der Waals surface area contributed by atoms with Gasteiger partial charge in [-0.05, 0) is 112 Å². The van der Waals surface area contributed by atoms with E-state index < -0.39 is 11.9 Å². The van der Waals surface area contributed by atoms with E-state index in [1.165, 1.54) is 17.5 Å². The first-order valence-corrected chi connectivity index (χ1v) is 24.0. The Balaban J connectivity index is 0.638. The summed E-state index contributed by atoms with van der Waals surface area (Å²) in [5, 5.41) is 3.33. The lowest BCUT2D eigenvalue weighted by Gasteiger charge is -2.48. The lowest BCUT2D eigenvalue weighted by atomic mass is 9.69. The molecule has 4 saturated heterocycles. The summed E-state index contributed by atoms with van der Waals surface area (Å²) in [6.07, 6.45) is 10.6. The zero-order chi connectivity index (χ0) is 43.5. The summed E-state index contributed by atoms with van der Waals surface area (Å²) < 4.78 is 8.63. The molecule has 0 unspecified atom stereocenters. The molecule has 7 aliphatic heterocycles. The minimum absolute atomic E-state index is 0.124. The molecule has 8 aliphatic rings. The summed E-state index contributed by atoms with van der Waals surface area (Å²) >= 11 is 6.62. The summed E-state index contributed by atoms with van der Waals surface area (Å²) in [6.45, 7) is 7.02. The van der Waals surface area contributed by atoms with Gasteiger partial charge in [0.05, 0.1) is 40.2 Å². The van der Waals surface area contributed by atoms with Crippen molar-refractivity contribution < 1.29 is 23.9 Å². The summed E-state index contributed by atoms with van der Waals surface area (Å²) in [6, 6.07) is 16.5. The first-order valence-electron chi connectivity index (χ1n) is 23.7. The zero-order valence-electron chi connectivity index (χ0n) is 36.2. The van der Waals surface area contributed by atoms with Gasteiger partial charge in [0.15, 0.2) is 0 Å². The van der Waals surface area contributed by atoms with E-state index in [0.717, 1.165) is 131 Å². The van der Waals surface area contributed by atoms with Crippen LogP contribution in [0.15, 0.2) is 53.3 Å². The second kappa shape index (κ2) is 15.2. The van der Waals surface area contributed by atoms with Crippen LogP contribution in [0.4, 0.5) is 0 Å². The topological polar surface area (TPSA) is 137 Å². The monoisotopic (exact) mass is 883 g/mol. The molecule has 2 spiro atoms. The van der Waals surface area contributed by atoms with Gasteiger partial charge >= 0.3 is 0 Å². The number of benzene rings is 3. The maximum Gasteiger partial charge on any atom is 0.282 e. The van der Waals surface area contributed by atoms with E-state index >= 15 is 0 Å². The number of nitrogens with one attached hydrogen (secondary N) is 1. The Morgan fingerprint density at radius 3 is 2.45 bits per heavy atom. The number of carbonyl (C=O) groups is 4. The Kier molecular flexibility index (Phi) is 9.62. The van der Waals surface area contributed by atoms with Crippen molar-refractivity contribution in [1.82, 2.24) is 34.5 Å². The second-order valence-electron chi connectivity index (χ2n) is 19.9. The predicted octanol–water partition coefficient (Wildman–Crippen LogP) is 5.57. The smallest absolute Gasteiger partial charge is 0.282 e. The second-order valence-corrected chi connectivity index (χ2v) is 20.3. The number of likely N-dealkylation sites (tertiary alicyclic amines) is 3. The lowest BCUT2D eigenvalue weighted by molar-refractivity contribution is -0.139. The highest BCUT2D eigenvalue weighted by Crippen LogP contribution is 2.53. The first-order chi connectivity index (χ1) is 31.1. The molecule has 8 heterocycles. The number of hydrogen-bond donors (Lipinski definition) is 1. The van der Waals surface area contributed by atoms with Gasteiger partial charge in [-0.25, -0.2) is 0 Å². The highest BCUT2D eigenvalue weighted by Gasteiger charge is 2.49. The van der Waals surface area contributed by atoms with Crippen LogP contribution >= 0.6 is 11.6 Å². The maximum absolute atomic E-state index is 13.4. The fraction of sp³-hybridized carbons (Fsp3) is 0.520. The molecule has 12 rings (SSSR count). The van der Waals surface area contributed by atoms with Crippen LogP contribution in [0.3, 0.4) is 0 Å². The van der Waals surface area contributed by atoms with Crippen molar-refractivity contribution in [3.8, 4) is 11.4 Å². The number of piperidine rings is 3. The van der Waals surface area contributed by atoms with E-state index in [1.807, 2.05) is 29.2 Å². The van der Waals surface area contributed by atoms with E-state index in [9.17, 15) is 24.0 Å². The molecule has 3 aromatic carbocycles. The summed E-state index contributed by atoms with van der Waals surface area (Å²) in [5.41, 5.74) is 6.67. The molecule has 14 heteroatoms. The van der Waals surface area contributed by atoms with Crippen LogP contribution in [-0.4, -0.2) is 117 Å². The van der Waals surface area contributed by atoms with Crippen molar-refractivity contribution in [2.75, 3.05) is 52.4 Å². The van der Waals surface area contributed by atoms with Crippen LogP contribution in [0.25, 0.3) is 16.6 Å². The van der Waals surface area contributed by atoms with Gasteiger partial charge in [0.1, 0.15) is 17.6 Å². The van der Waals surface area contributed by atoms with Crippen molar-refractivity contribution in [2.24, 2.45) is 0 Å². The third-order valence-corrected chi connectivity index (χ3v) is 17.0. The number of imide groups is 1. The fourth-order valence-electron chi connectivity index (χ4n) is 13.0. The molecule has 4 aromatic rings. The molecule has 0 radical (unpaired) electrons. The van der Waals surface area contributed by atoms with Crippen LogP contribution in [0.1, 0.15) is 121 Å². The SMILES string of the molecule is O=C1CC[C@H](N2Cc3c(ccc4c3OCC43CCN(CCC(=O)N4CC(N5CCC(c6ccc7c(c6)-n6c(nc(=O)c8c(Cl)cccc86)C76CCCCC6)CC5)C4)CC3)C2=O)C(=O)N1. The summed E-state index contributed by atoms with van der Waals surface area (Å²) in [4.78, 5) is 78.0. The van der Waals surface area contributed by atoms with Crippen molar-refractivity contribution >= 4 is 46.1 Å². The Hall–Kier alpha value is -5.11. The minimum Gasteiger partial charge on any atom is -0.492 e. The number of aromatic nitrogens is 2. The number of hydrogen-bond acceptors (Lipinski definition) is 9. The Labute approximate surface area is 377 Å². The standard InChI is InChI=1S/C50H54ClN7O6/c51-37-5-4-6-38-43(37)46(62)53-48-50(16-2-1-3-17-50)35-9-7-31(25-40(35)58(38)48)30-13-21-55(22-14-30)32-26-56(27-32)42(60)15-20-54-23-18-49(19-24-54)29-64-44-34-28-57(39-11-12-41(59)52-45(39)61)47(63)33(34)8-10-36(44)49/h4-10,25,30,32,39H,1-3,11-24,26-29H2,(H,52,59,61)/t39-/m0/s1. The van der Waals surface area contributed by atoms with E-state index in [4.69, 9.17) is 21.3 Å². The molecule has 64 heavy (non-hydrogen) atoms. The van der Waals surface area contributed by atoms with Gasteiger partial charge in [-0.2, -0.15) is 4.98 Å². The third-order valence-electron chi connectivity index (χ3n) is 16.7. The summed E-state index contributed by atoms with van der Waals surface area (Å²) in [5.74, 6) is 1.48. The van der Waals surface area contributed by atoms with Gasteiger partial charge in [-0.3, -0.25) is 38.8 Å². The first kappa shape index (κ1) is 40.4. The molecular formula is C50H54ClN7O6. The number of ether oxygens (including phenoxy) is 1. The number of rotatable bonds is 6. The zero-order valence-corrected chi connectivity index (χ0v) is 37.0. The van der Waals surface area contributed by atoms with Crippen molar-refractivity contribution in [3.63, 3.8) is 0 Å². The normalized spacial score (nSPS) is 24.1. The Morgan fingerprint density at radius 1 is 0.891 bits per heavy atom. The molecular weight excluding hydrogens is 830 g/mol. The van der Waals surface area contributed by atoms with Crippen molar-refractivity contribution in [1.29, 1.82) is 0 Å². The minimum atomic E-state index is -0.650. The molecule has 1 aromatic heterocycles. The highest BCUT2D eigenvalue weighted by molar-refractivity contribution is 6.35. The molecule has 1 atom stereocenters. The van der Waals surface area contributed by atoms with Crippen LogP contribution in [-0.2, 0) is 31.8 Å².